The van der Waals surface area contributed by atoms with Crippen molar-refractivity contribution in [1.29, 1.82) is 0 Å². The van der Waals surface area contributed by atoms with Crippen molar-refractivity contribution in [3.63, 3.8) is 0 Å². The first kappa shape index (κ1) is 21.2. The molecule has 0 saturated carbocycles. The van der Waals surface area contributed by atoms with E-state index in [2.05, 4.69) is 15.3 Å². The Morgan fingerprint density at radius 3 is 2.59 bits per heavy atom. The zero-order valence-corrected chi connectivity index (χ0v) is 18.4. The quantitative estimate of drug-likeness (QED) is 0.573. The number of para-hydroxylation sites is 2. The number of piperidine rings is 1. The van der Waals surface area contributed by atoms with E-state index in [0.717, 1.165) is 42.7 Å². The largest absolute Gasteiger partial charge is 0.306 e. The summed E-state index contributed by atoms with van der Waals surface area (Å²) in [7, 11) is 1.71. The predicted octanol–water partition coefficient (Wildman–Crippen LogP) is 4.26. The van der Waals surface area contributed by atoms with Gasteiger partial charge in [0.2, 0.25) is 0 Å². The molecule has 174 valence electrons. The molecule has 1 aromatic heterocycles. The average molecular weight is 465 g/mol. The highest BCUT2D eigenvalue weighted by Gasteiger charge is 2.48. The zero-order valence-electron chi connectivity index (χ0n) is 18.4. The van der Waals surface area contributed by atoms with E-state index in [1.165, 1.54) is 6.20 Å². The van der Waals surface area contributed by atoms with Gasteiger partial charge in [0.05, 0.1) is 29.0 Å². The van der Waals surface area contributed by atoms with Gasteiger partial charge in [-0.2, -0.15) is 0 Å². The van der Waals surface area contributed by atoms with Crippen LogP contribution >= 0.6 is 0 Å². The third kappa shape index (κ3) is 3.22. The summed E-state index contributed by atoms with van der Waals surface area (Å²) < 4.78 is 42.1. The van der Waals surface area contributed by atoms with Gasteiger partial charge in [-0.25, -0.2) is 28.2 Å². The molecule has 1 N–H and O–H groups in total. The minimum absolute atomic E-state index is 0.0672. The molecule has 1 amide bonds. The van der Waals surface area contributed by atoms with Crippen LogP contribution in [0.3, 0.4) is 0 Å². The van der Waals surface area contributed by atoms with Crippen molar-refractivity contribution >= 4 is 16.9 Å². The van der Waals surface area contributed by atoms with Gasteiger partial charge >= 0.3 is 0 Å². The van der Waals surface area contributed by atoms with Gasteiger partial charge in [0.15, 0.2) is 17.5 Å². The lowest BCUT2D eigenvalue weighted by molar-refractivity contribution is 0.0204. The molecule has 1 unspecified atom stereocenters. The molecular formula is C25H22F3N5O. The van der Waals surface area contributed by atoms with Gasteiger partial charge in [-0.1, -0.05) is 12.1 Å². The molecule has 0 radical (unpaired) electrons. The Balaban J connectivity index is 1.47. The fourth-order valence-electron chi connectivity index (χ4n) is 5.61. The lowest BCUT2D eigenvalue weighted by atomic mass is 9.81. The first-order valence-corrected chi connectivity index (χ1v) is 11.3. The van der Waals surface area contributed by atoms with E-state index in [-0.39, 0.29) is 29.2 Å². The molecule has 34 heavy (non-hydrogen) atoms. The maximum absolute atomic E-state index is 14.2. The van der Waals surface area contributed by atoms with Gasteiger partial charge in [0, 0.05) is 19.1 Å². The molecule has 1 fully saturated rings. The highest BCUT2D eigenvalue weighted by atomic mass is 19.2. The SMILES string of the molecule is CN1C(c2cc(F)c(F)c(F)c2)C2=C([C@@H]3CCC[C@H](C2)N3)N1C(=O)c1cnc2ccccc2n1. The molecule has 2 aromatic carbocycles. The van der Waals surface area contributed by atoms with Crippen LogP contribution in [0.25, 0.3) is 11.0 Å². The van der Waals surface area contributed by atoms with Gasteiger partial charge in [-0.05, 0) is 61.1 Å². The molecule has 3 aliphatic rings. The molecule has 2 bridgehead atoms. The lowest BCUT2D eigenvalue weighted by Crippen LogP contribution is -2.51. The second kappa shape index (κ2) is 7.89. The highest BCUT2D eigenvalue weighted by molar-refractivity contribution is 5.95. The minimum Gasteiger partial charge on any atom is -0.306 e. The number of fused-ring (bicyclic) bond motifs is 4. The Bertz CT molecular complexity index is 1340. The molecule has 3 aromatic rings. The average Bonchev–Trinajstić information content (AvgIpc) is 3.13. The number of hydrogen-bond acceptors (Lipinski definition) is 5. The van der Waals surface area contributed by atoms with Crippen LogP contribution in [0.2, 0.25) is 0 Å². The highest BCUT2D eigenvalue weighted by Crippen LogP contribution is 2.47. The summed E-state index contributed by atoms with van der Waals surface area (Å²) in [4.78, 5) is 22.7. The number of likely N-dealkylation sites (N-methyl/N-ethyl adjacent to an activating group) is 1. The number of benzene rings is 2. The standard InChI is InChI=1S/C25H22F3N5O/c1-32-23(13-9-16(26)22(28)17(27)10-13)15-11-14-5-4-8-20(30-14)24(15)33(32)25(34)21-12-29-18-6-2-3-7-19(18)31-21/h2-3,6-7,9-10,12,14,20,23,30H,4-5,8,11H2,1H3/t14-,20+,23?/m1/s1. The molecule has 6 rings (SSSR count). The van der Waals surface area contributed by atoms with Gasteiger partial charge in [0.25, 0.3) is 5.91 Å². The Morgan fingerprint density at radius 2 is 1.82 bits per heavy atom. The number of carbonyl (C=O) groups is 1. The second-order valence-corrected chi connectivity index (χ2v) is 9.10. The molecule has 4 heterocycles. The van der Waals surface area contributed by atoms with E-state index in [1.807, 2.05) is 18.2 Å². The predicted molar refractivity (Wildman–Crippen MR) is 119 cm³/mol. The number of aromatic nitrogens is 2. The topological polar surface area (TPSA) is 61.4 Å². The summed E-state index contributed by atoms with van der Waals surface area (Å²) >= 11 is 0. The number of nitrogens with one attached hydrogen (secondary N) is 1. The third-order valence-electron chi connectivity index (χ3n) is 7.04. The Labute approximate surface area is 194 Å². The summed E-state index contributed by atoms with van der Waals surface area (Å²) in [6, 6.07) is 8.89. The van der Waals surface area contributed by atoms with E-state index in [9.17, 15) is 18.0 Å². The monoisotopic (exact) mass is 465 g/mol. The van der Waals surface area contributed by atoms with Crippen molar-refractivity contribution in [3.05, 3.63) is 82.6 Å². The maximum atomic E-state index is 14.2. The van der Waals surface area contributed by atoms with Gasteiger partial charge in [-0.3, -0.25) is 9.78 Å². The van der Waals surface area contributed by atoms with Crippen LogP contribution < -0.4 is 5.32 Å². The number of hydrogen-bond donors (Lipinski definition) is 1. The number of hydrazine groups is 1. The molecule has 9 heteroatoms. The van der Waals surface area contributed by atoms with Crippen LogP contribution in [-0.2, 0) is 0 Å². The fraction of sp³-hybridized carbons (Fsp3) is 0.320. The zero-order chi connectivity index (χ0) is 23.6. The van der Waals surface area contributed by atoms with Crippen molar-refractivity contribution in [3.8, 4) is 0 Å². The van der Waals surface area contributed by atoms with Crippen molar-refractivity contribution in [1.82, 2.24) is 25.3 Å². The number of rotatable bonds is 2. The van der Waals surface area contributed by atoms with Crippen LogP contribution in [0, 0.1) is 17.5 Å². The van der Waals surface area contributed by atoms with Crippen LogP contribution in [0.1, 0.15) is 47.8 Å². The van der Waals surface area contributed by atoms with Crippen molar-refractivity contribution in [2.24, 2.45) is 0 Å². The molecule has 0 aliphatic carbocycles. The van der Waals surface area contributed by atoms with Gasteiger partial charge < -0.3 is 5.32 Å². The Morgan fingerprint density at radius 1 is 1.09 bits per heavy atom. The fourth-order valence-corrected chi connectivity index (χ4v) is 5.61. The number of nitrogens with zero attached hydrogens (tertiary/aromatic N) is 4. The number of halogens is 3. The van der Waals surface area contributed by atoms with Gasteiger partial charge in [-0.15, -0.1) is 0 Å². The summed E-state index contributed by atoms with van der Waals surface area (Å²) in [6.45, 7) is 0. The molecule has 3 aliphatic heterocycles. The summed E-state index contributed by atoms with van der Waals surface area (Å²) in [5, 5.41) is 6.82. The normalized spacial score (nSPS) is 24.6. The first-order valence-electron chi connectivity index (χ1n) is 11.3. The van der Waals surface area contributed by atoms with E-state index in [1.54, 1.807) is 23.1 Å². The van der Waals surface area contributed by atoms with Crippen LogP contribution in [0.4, 0.5) is 13.2 Å². The van der Waals surface area contributed by atoms with Crippen molar-refractivity contribution in [2.45, 2.75) is 43.8 Å². The maximum Gasteiger partial charge on any atom is 0.292 e. The molecule has 3 atom stereocenters. The van der Waals surface area contributed by atoms with Crippen molar-refractivity contribution < 1.29 is 18.0 Å². The number of carbonyl (C=O) groups excluding carboxylic acids is 1. The number of amides is 1. The van der Waals surface area contributed by atoms with E-state index in [4.69, 9.17) is 0 Å². The summed E-state index contributed by atoms with van der Waals surface area (Å²) in [5.41, 5.74) is 3.43. The van der Waals surface area contributed by atoms with E-state index >= 15 is 0 Å². The Hall–Kier alpha value is -3.30. The smallest absolute Gasteiger partial charge is 0.292 e. The Kier molecular flexibility index (Phi) is 4.93. The van der Waals surface area contributed by atoms with Crippen LogP contribution in [-0.4, -0.2) is 45.0 Å². The van der Waals surface area contributed by atoms with Gasteiger partial charge in [0.1, 0.15) is 5.69 Å². The molecular weight excluding hydrogens is 443 g/mol. The van der Waals surface area contributed by atoms with E-state index in [0.29, 0.717) is 17.5 Å². The summed E-state index contributed by atoms with van der Waals surface area (Å²) in [5.74, 6) is -4.36. The molecule has 0 spiro atoms. The second-order valence-electron chi connectivity index (χ2n) is 9.10. The minimum atomic E-state index is -1.50. The van der Waals surface area contributed by atoms with Crippen LogP contribution in [0.15, 0.2) is 53.9 Å². The molecule has 6 nitrogen and oxygen atoms in total. The molecule has 1 saturated heterocycles. The first-order chi connectivity index (χ1) is 16.4. The summed E-state index contributed by atoms with van der Waals surface area (Å²) in [6.07, 6.45) is 4.93. The van der Waals surface area contributed by atoms with Crippen LogP contribution in [0.5, 0.6) is 0 Å². The van der Waals surface area contributed by atoms with Crippen molar-refractivity contribution in [2.75, 3.05) is 7.05 Å². The van der Waals surface area contributed by atoms with E-state index < -0.39 is 23.5 Å². The lowest BCUT2D eigenvalue weighted by Gasteiger charge is -2.39. The third-order valence-corrected chi connectivity index (χ3v) is 7.04.